The first kappa shape index (κ1) is 16.0. The quantitative estimate of drug-likeness (QED) is 0.906. The highest BCUT2D eigenvalue weighted by Gasteiger charge is 2.24. The molecule has 0 radical (unpaired) electrons. The molecule has 3 rings (SSSR count). The summed E-state index contributed by atoms with van der Waals surface area (Å²) in [6, 6.07) is 11.3. The smallest absolute Gasteiger partial charge is 0.265 e. The minimum Gasteiger partial charge on any atom is -0.479 e. The first-order valence-corrected chi connectivity index (χ1v) is 7.68. The standard InChI is InChI=1S/C18H17FN2O3/c1-11-17(22)21-15-10-13(6-7-16(15)24-11)18(23)20-9-8-12-4-2-3-5-14(12)19/h2-7,10-11H,8-9H2,1H3,(H,20,23)(H,21,22). The van der Waals surface area contributed by atoms with Gasteiger partial charge < -0.3 is 15.4 Å². The Balaban J connectivity index is 1.63. The first-order valence-electron chi connectivity index (χ1n) is 7.68. The highest BCUT2D eigenvalue weighted by atomic mass is 19.1. The molecule has 1 aliphatic heterocycles. The predicted octanol–water partition coefficient (Wildman–Crippen LogP) is 2.52. The zero-order valence-electron chi connectivity index (χ0n) is 13.1. The Morgan fingerprint density at radius 3 is 2.88 bits per heavy atom. The van der Waals surface area contributed by atoms with E-state index < -0.39 is 6.10 Å². The van der Waals surface area contributed by atoms with Crippen molar-refractivity contribution in [2.45, 2.75) is 19.4 Å². The maximum Gasteiger partial charge on any atom is 0.265 e. The van der Waals surface area contributed by atoms with E-state index in [2.05, 4.69) is 10.6 Å². The lowest BCUT2D eigenvalue weighted by Gasteiger charge is -2.23. The third-order valence-corrected chi connectivity index (χ3v) is 3.81. The molecule has 5 nitrogen and oxygen atoms in total. The minimum atomic E-state index is -0.557. The number of anilines is 1. The molecule has 0 aliphatic carbocycles. The van der Waals surface area contributed by atoms with E-state index in [-0.39, 0.29) is 17.6 Å². The molecule has 1 atom stereocenters. The van der Waals surface area contributed by atoms with Crippen molar-refractivity contribution in [2.75, 3.05) is 11.9 Å². The van der Waals surface area contributed by atoms with Gasteiger partial charge in [-0.05, 0) is 43.2 Å². The number of ether oxygens (including phenoxy) is 1. The lowest BCUT2D eigenvalue weighted by atomic mass is 10.1. The van der Waals surface area contributed by atoms with Gasteiger partial charge in [0.15, 0.2) is 6.10 Å². The number of nitrogens with one attached hydrogen (secondary N) is 2. The normalized spacial score (nSPS) is 15.9. The number of benzene rings is 2. The summed E-state index contributed by atoms with van der Waals surface area (Å²) in [5, 5.41) is 5.44. The van der Waals surface area contributed by atoms with Crippen molar-refractivity contribution in [3.05, 3.63) is 59.4 Å². The molecule has 6 heteroatoms. The van der Waals surface area contributed by atoms with Crippen LogP contribution in [-0.2, 0) is 11.2 Å². The highest BCUT2D eigenvalue weighted by molar-refractivity contribution is 6.00. The molecule has 0 saturated carbocycles. The summed E-state index contributed by atoms with van der Waals surface area (Å²) in [6.07, 6.45) is -0.154. The third-order valence-electron chi connectivity index (χ3n) is 3.81. The van der Waals surface area contributed by atoms with Crippen molar-refractivity contribution in [3.63, 3.8) is 0 Å². The number of hydrogen-bond acceptors (Lipinski definition) is 3. The van der Waals surface area contributed by atoms with Crippen LogP contribution in [0.5, 0.6) is 5.75 Å². The largest absolute Gasteiger partial charge is 0.479 e. The van der Waals surface area contributed by atoms with E-state index in [1.54, 1.807) is 43.3 Å². The van der Waals surface area contributed by atoms with Crippen molar-refractivity contribution in [1.29, 1.82) is 0 Å². The molecular weight excluding hydrogens is 311 g/mol. The molecule has 2 aromatic rings. The van der Waals surface area contributed by atoms with Crippen LogP contribution in [0.25, 0.3) is 0 Å². The fraction of sp³-hybridized carbons (Fsp3) is 0.222. The summed E-state index contributed by atoms with van der Waals surface area (Å²) < 4.78 is 19.0. The van der Waals surface area contributed by atoms with Crippen LogP contribution in [0.1, 0.15) is 22.8 Å². The van der Waals surface area contributed by atoms with Crippen molar-refractivity contribution in [3.8, 4) is 5.75 Å². The molecule has 1 unspecified atom stereocenters. The Morgan fingerprint density at radius 2 is 2.08 bits per heavy atom. The fourth-order valence-electron chi connectivity index (χ4n) is 2.46. The van der Waals surface area contributed by atoms with Crippen molar-refractivity contribution >= 4 is 17.5 Å². The van der Waals surface area contributed by atoms with Crippen LogP contribution >= 0.6 is 0 Å². The predicted molar refractivity (Wildman–Crippen MR) is 87.6 cm³/mol. The minimum absolute atomic E-state index is 0.250. The second kappa shape index (κ2) is 6.70. The van der Waals surface area contributed by atoms with Gasteiger partial charge in [0.25, 0.3) is 11.8 Å². The number of carbonyl (C=O) groups is 2. The topological polar surface area (TPSA) is 67.4 Å². The second-order valence-electron chi connectivity index (χ2n) is 5.56. The van der Waals surface area contributed by atoms with Gasteiger partial charge in [-0.15, -0.1) is 0 Å². The Labute approximate surface area is 138 Å². The molecule has 0 fully saturated rings. The summed E-state index contributed by atoms with van der Waals surface area (Å²) >= 11 is 0. The lowest BCUT2D eigenvalue weighted by molar-refractivity contribution is -0.122. The SMILES string of the molecule is CC1Oc2ccc(C(=O)NCCc3ccccc3F)cc2NC1=O. The molecule has 1 heterocycles. The van der Waals surface area contributed by atoms with Crippen molar-refractivity contribution in [2.24, 2.45) is 0 Å². The van der Waals surface area contributed by atoms with Crippen LogP contribution in [0.3, 0.4) is 0 Å². The fourth-order valence-corrected chi connectivity index (χ4v) is 2.46. The first-order chi connectivity index (χ1) is 11.5. The van der Waals surface area contributed by atoms with Gasteiger partial charge in [0, 0.05) is 12.1 Å². The van der Waals surface area contributed by atoms with Crippen LogP contribution in [0.2, 0.25) is 0 Å². The summed E-state index contributed by atoms with van der Waals surface area (Å²) in [6.45, 7) is 1.97. The molecular formula is C18H17FN2O3. The Hall–Kier alpha value is -2.89. The van der Waals surface area contributed by atoms with Crippen LogP contribution in [0.4, 0.5) is 10.1 Å². The molecule has 0 saturated heterocycles. The molecule has 2 aromatic carbocycles. The summed E-state index contributed by atoms with van der Waals surface area (Å²) in [5.74, 6) is -0.291. The molecule has 0 aromatic heterocycles. The number of fused-ring (bicyclic) bond motifs is 1. The van der Waals surface area contributed by atoms with Crippen LogP contribution in [0, 0.1) is 5.82 Å². The average molecular weight is 328 g/mol. The Morgan fingerprint density at radius 1 is 1.29 bits per heavy atom. The van der Waals surface area contributed by atoms with Crippen LogP contribution in [-0.4, -0.2) is 24.5 Å². The summed E-state index contributed by atoms with van der Waals surface area (Å²) in [7, 11) is 0. The van der Waals surface area contributed by atoms with Crippen LogP contribution in [0.15, 0.2) is 42.5 Å². The number of hydrogen-bond donors (Lipinski definition) is 2. The van der Waals surface area contributed by atoms with Gasteiger partial charge in [-0.2, -0.15) is 0 Å². The van der Waals surface area contributed by atoms with E-state index in [9.17, 15) is 14.0 Å². The number of rotatable bonds is 4. The Bertz CT molecular complexity index is 792. The van der Waals surface area contributed by atoms with Gasteiger partial charge in [-0.1, -0.05) is 18.2 Å². The molecule has 1 aliphatic rings. The van der Waals surface area contributed by atoms with Gasteiger partial charge in [0.1, 0.15) is 11.6 Å². The number of amides is 2. The summed E-state index contributed by atoms with van der Waals surface area (Å²) in [5.41, 5.74) is 1.43. The monoisotopic (exact) mass is 328 g/mol. The molecule has 24 heavy (non-hydrogen) atoms. The third kappa shape index (κ3) is 3.37. The molecule has 0 spiro atoms. The van der Waals surface area contributed by atoms with Gasteiger partial charge in [-0.3, -0.25) is 9.59 Å². The van der Waals surface area contributed by atoms with Crippen LogP contribution < -0.4 is 15.4 Å². The maximum absolute atomic E-state index is 13.5. The Kier molecular flexibility index (Phi) is 4.46. The zero-order valence-corrected chi connectivity index (χ0v) is 13.1. The molecule has 2 N–H and O–H groups in total. The van der Waals surface area contributed by atoms with E-state index in [4.69, 9.17) is 4.74 Å². The van der Waals surface area contributed by atoms with Crippen molar-refractivity contribution < 1.29 is 18.7 Å². The second-order valence-corrected chi connectivity index (χ2v) is 5.56. The van der Waals surface area contributed by atoms with E-state index >= 15 is 0 Å². The zero-order chi connectivity index (χ0) is 17.1. The van der Waals surface area contributed by atoms with Crippen molar-refractivity contribution in [1.82, 2.24) is 5.32 Å². The van der Waals surface area contributed by atoms with E-state index in [1.807, 2.05) is 0 Å². The lowest BCUT2D eigenvalue weighted by Crippen LogP contribution is -2.34. The average Bonchev–Trinajstić information content (AvgIpc) is 2.57. The highest BCUT2D eigenvalue weighted by Crippen LogP contribution is 2.30. The van der Waals surface area contributed by atoms with E-state index in [0.29, 0.717) is 35.5 Å². The van der Waals surface area contributed by atoms with E-state index in [0.717, 1.165) is 0 Å². The molecule has 124 valence electrons. The summed E-state index contributed by atoms with van der Waals surface area (Å²) in [4.78, 5) is 23.8. The molecule has 0 bridgehead atoms. The van der Waals surface area contributed by atoms with Gasteiger partial charge >= 0.3 is 0 Å². The van der Waals surface area contributed by atoms with Gasteiger partial charge in [0.2, 0.25) is 0 Å². The maximum atomic E-state index is 13.5. The number of carbonyl (C=O) groups excluding carboxylic acids is 2. The molecule has 2 amide bonds. The van der Waals surface area contributed by atoms with Gasteiger partial charge in [-0.25, -0.2) is 4.39 Å². The van der Waals surface area contributed by atoms with Gasteiger partial charge in [0.05, 0.1) is 5.69 Å². The van der Waals surface area contributed by atoms with E-state index in [1.165, 1.54) is 6.07 Å². The number of halogens is 1.